The number of nitrogens with zero attached hydrogens (tertiary/aromatic N) is 2. The molecule has 4 aliphatic rings. The number of nitrogens with one attached hydrogen (secondary N) is 3. The van der Waals surface area contributed by atoms with Crippen molar-refractivity contribution in [2.24, 2.45) is 17.1 Å². The number of Topliss-reactive ketones (excluding diaryl/α,β-unsaturated/α-hetero) is 1. The van der Waals surface area contributed by atoms with Gasteiger partial charge in [-0.3, -0.25) is 19.2 Å². The average Bonchev–Trinajstić information content (AvgIpc) is 3.84. The summed E-state index contributed by atoms with van der Waals surface area (Å²) in [5.74, 6) is -3.56. The van der Waals surface area contributed by atoms with E-state index in [1.54, 1.807) is 46.4 Å². The van der Waals surface area contributed by atoms with E-state index in [2.05, 4.69) is 16.0 Å². The first-order chi connectivity index (χ1) is 26.1. The summed E-state index contributed by atoms with van der Waals surface area (Å²) in [6.07, 6.45) is 4.25. The number of carbonyl (C=O) groups is 6. The minimum Gasteiger partial charge on any atom is -0.444 e. The van der Waals surface area contributed by atoms with Gasteiger partial charge in [0, 0.05) is 19.5 Å². The van der Waals surface area contributed by atoms with Gasteiger partial charge in [-0.15, -0.1) is 0 Å². The Morgan fingerprint density at radius 1 is 0.946 bits per heavy atom. The number of carbonyl (C=O) groups excluding carboxylic acids is 6. The summed E-state index contributed by atoms with van der Waals surface area (Å²) in [4.78, 5) is 83.7. The van der Waals surface area contributed by atoms with E-state index in [4.69, 9.17) is 10.5 Å². The molecule has 0 bridgehead atoms. The maximum absolute atomic E-state index is 14.7. The summed E-state index contributed by atoms with van der Waals surface area (Å²) in [5.41, 5.74) is 5.54. The lowest BCUT2D eigenvalue weighted by atomic mass is 9.83. The molecule has 2 heterocycles. The minimum absolute atomic E-state index is 0.0918. The fourth-order valence-corrected chi connectivity index (χ4v) is 9.46. The van der Waals surface area contributed by atoms with Crippen molar-refractivity contribution in [1.82, 2.24) is 25.8 Å². The molecular weight excluding hydrogens is 741 g/mol. The van der Waals surface area contributed by atoms with Crippen molar-refractivity contribution in [3.63, 3.8) is 0 Å². The summed E-state index contributed by atoms with van der Waals surface area (Å²) < 4.78 is 31.7. The van der Waals surface area contributed by atoms with Gasteiger partial charge in [0.15, 0.2) is 9.84 Å². The summed E-state index contributed by atoms with van der Waals surface area (Å²) in [6.45, 7) is 10.7. The molecule has 1 aromatic rings. The second-order valence-electron chi connectivity index (χ2n) is 18.3. The Hall–Kier alpha value is -4.21. The predicted molar refractivity (Wildman–Crippen MR) is 209 cm³/mol. The molecule has 0 spiro atoms. The van der Waals surface area contributed by atoms with E-state index in [1.807, 2.05) is 24.3 Å². The zero-order valence-electron chi connectivity index (χ0n) is 33.6. The summed E-state index contributed by atoms with van der Waals surface area (Å²) in [7, 11) is -3.63. The Balaban J connectivity index is 1.38. The number of likely N-dealkylation sites (tertiary alicyclic amines) is 1. The van der Waals surface area contributed by atoms with Crippen molar-refractivity contribution in [2.45, 2.75) is 147 Å². The number of hydrogen-bond donors (Lipinski definition) is 4. The Labute approximate surface area is 330 Å². The van der Waals surface area contributed by atoms with Gasteiger partial charge in [-0.1, -0.05) is 77.1 Å². The molecule has 1 aromatic carbocycles. The first-order valence-electron chi connectivity index (χ1n) is 19.9. The number of amides is 6. The van der Waals surface area contributed by atoms with Crippen LogP contribution in [0.1, 0.15) is 110 Å². The first-order valence-corrected chi connectivity index (χ1v) is 21.5. The van der Waals surface area contributed by atoms with Gasteiger partial charge in [0.25, 0.3) is 5.91 Å². The number of primary amides is 1. The van der Waals surface area contributed by atoms with E-state index >= 15 is 0 Å². The smallest absolute Gasteiger partial charge is 0.410 e. The minimum atomic E-state index is -3.63. The third-order valence-corrected chi connectivity index (χ3v) is 14.4. The highest BCUT2D eigenvalue weighted by Gasteiger charge is 2.48. The molecule has 1 unspecified atom stereocenters. The highest BCUT2D eigenvalue weighted by Crippen LogP contribution is 2.35. The van der Waals surface area contributed by atoms with Gasteiger partial charge in [-0.25, -0.2) is 18.0 Å². The van der Waals surface area contributed by atoms with Gasteiger partial charge < -0.3 is 36.2 Å². The molecular formula is C40H60N6O9S. The Morgan fingerprint density at radius 3 is 2.18 bits per heavy atom. The maximum Gasteiger partial charge on any atom is 0.410 e. The maximum atomic E-state index is 14.7. The van der Waals surface area contributed by atoms with Crippen LogP contribution in [0.4, 0.5) is 9.59 Å². The lowest BCUT2D eigenvalue weighted by molar-refractivity contribution is -0.143. The lowest BCUT2D eigenvalue weighted by Gasteiger charge is -2.41. The molecule has 1 saturated heterocycles. The summed E-state index contributed by atoms with van der Waals surface area (Å²) in [6, 6.07) is 3.49. The van der Waals surface area contributed by atoms with Crippen LogP contribution in [0, 0.1) is 11.3 Å². The van der Waals surface area contributed by atoms with Crippen LogP contribution in [0.2, 0.25) is 0 Å². The molecule has 2 aliphatic heterocycles. The molecule has 5 N–H and O–H groups in total. The Bertz CT molecular complexity index is 1790. The molecule has 56 heavy (non-hydrogen) atoms. The monoisotopic (exact) mass is 800 g/mol. The second-order valence-corrected chi connectivity index (χ2v) is 21.0. The van der Waals surface area contributed by atoms with Crippen molar-refractivity contribution >= 4 is 45.5 Å². The fourth-order valence-electron chi connectivity index (χ4n) is 7.94. The first kappa shape index (κ1) is 42.9. The number of nitrogens with two attached hydrogens (primary N) is 1. The number of benzene rings is 1. The van der Waals surface area contributed by atoms with Gasteiger partial charge in [0.2, 0.25) is 17.6 Å². The standard InChI is InChI=1S/C40H60N6O9S/c1-38(2,3)32(43-36(51)44-40(17-10-7-11-18-40)24-56(53,54)39(4,5)6)35(50)46-23-28(55-37(52)45-19-16-26-12-8-9-13-27(26)22-45)21-30(46)34(49)42-29(20-25-14-15-25)31(47)33(41)48/h8-9,12-13,25,28-30,32H,7,10-11,14-24H2,1-6H3,(H2,41,48)(H,42,49)(H2,43,44,51)/t28-,29?,30+,32-/m1/s1. The van der Waals surface area contributed by atoms with Crippen LogP contribution >= 0.6 is 0 Å². The van der Waals surface area contributed by atoms with Crippen LogP contribution in [0.15, 0.2) is 24.3 Å². The van der Waals surface area contributed by atoms with Gasteiger partial charge in [-0.2, -0.15) is 0 Å². The fraction of sp³-hybridized carbons (Fsp3) is 0.700. The number of urea groups is 1. The molecule has 6 amide bonds. The van der Waals surface area contributed by atoms with Gasteiger partial charge in [-0.05, 0) is 68.9 Å². The molecule has 5 rings (SSSR count). The number of sulfone groups is 1. The summed E-state index contributed by atoms with van der Waals surface area (Å²) in [5, 5.41) is 8.44. The third kappa shape index (κ3) is 10.4. The van der Waals surface area contributed by atoms with E-state index in [0.29, 0.717) is 32.4 Å². The van der Waals surface area contributed by atoms with Crippen LogP contribution in [-0.2, 0) is 46.7 Å². The number of ketones is 1. The van der Waals surface area contributed by atoms with Gasteiger partial charge >= 0.3 is 12.1 Å². The van der Waals surface area contributed by atoms with Crippen molar-refractivity contribution in [3.05, 3.63) is 35.4 Å². The van der Waals surface area contributed by atoms with Crippen molar-refractivity contribution in [2.75, 3.05) is 18.8 Å². The molecule has 2 aliphatic carbocycles. The molecule has 16 heteroatoms. The van der Waals surface area contributed by atoms with Gasteiger partial charge in [0.05, 0.1) is 28.6 Å². The molecule has 15 nitrogen and oxygen atoms in total. The van der Waals surface area contributed by atoms with Crippen molar-refractivity contribution in [1.29, 1.82) is 0 Å². The highest BCUT2D eigenvalue weighted by molar-refractivity contribution is 7.92. The van der Waals surface area contributed by atoms with Crippen molar-refractivity contribution in [3.8, 4) is 0 Å². The van der Waals surface area contributed by atoms with Crippen LogP contribution in [0.5, 0.6) is 0 Å². The highest BCUT2D eigenvalue weighted by atomic mass is 32.2. The summed E-state index contributed by atoms with van der Waals surface area (Å²) >= 11 is 0. The SMILES string of the molecule is CC(C)(C)[C@H](NC(=O)NC1(CS(=O)(=O)C(C)(C)C)CCCCC1)C(=O)N1C[C@H](OC(=O)N2CCc3ccccc3C2)C[C@H]1C(=O)NC(CC1CC1)C(=O)C(N)=O. The molecule has 4 atom stereocenters. The molecule has 3 fully saturated rings. The number of rotatable bonds is 12. The van der Waals surface area contributed by atoms with Crippen LogP contribution in [0.25, 0.3) is 0 Å². The Kier molecular flexibility index (Phi) is 12.8. The quantitative estimate of drug-likeness (QED) is 0.228. The normalized spacial score (nSPS) is 22.2. The Morgan fingerprint density at radius 2 is 1.59 bits per heavy atom. The zero-order valence-corrected chi connectivity index (χ0v) is 34.5. The van der Waals surface area contributed by atoms with E-state index in [9.17, 15) is 37.2 Å². The van der Waals surface area contributed by atoms with Crippen LogP contribution in [0.3, 0.4) is 0 Å². The van der Waals surface area contributed by atoms with Crippen LogP contribution < -0.4 is 21.7 Å². The van der Waals surface area contributed by atoms with Gasteiger partial charge in [0.1, 0.15) is 18.2 Å². The third-order valence-electron chi connectivity index (χ3n) is 11.6. The van der Waals surface area contributed by atoms with Crippen LogP contribution in [-0.4, -0.2) is 107 Å². The molecule has 2 saturated carbocycles. The zero-order chi connectivity index (χ0) is 41.2. The molecule has 0 radical (unpaired) electrons. The van der Waals surface area contributed by atoms with E-state index < -0.39 is 85.4 Å². The second kappa shape index (κ2) is 16.7. The number of hydrogen-bond acceptors (Lipinski definition) is 9. The van der Waals surface area contributed by atoms with E-state index in [1.165, 1.54) is 4.90 Å². The lowest BCUT2D eigenvalue weighted by Crippen LogP contribution is -2.63. The number of fused-ring (bicyclic) bond motifs is 1. The topological polar surface area (TPSA) is 214 Å². The molecule has 0 aromatic heterocycles. The number of ether oxygens (including phenoxy) is 1. The van der Waals surface area contributed by atoms with Crippen molar-refractivity contribution < 1.29 is 41.9 Å². The largest absolute Gasteiger partial charge is 0.444 e. The predicted octanol–water partition coefficient (Wildman–Crippen LogP) is 3.12. The molecule has 310 valence electrons. The van der Waals surface area contributed by atoms with E-state index in [-0.39, 0.29) is 31.1 Å². The average molecular weight is 801 g/mol. The van der Waals surface area contributed by atoms with E-state index in [0.717, 1.165) is 43.2 Å².